The molecule has 0 aliphatic rings. The largest absolute Gasteiger partial charge is 0.489 e. The number of benzene rings is 1. The number of anilines is 1. The predicted octanol–water partition coefficient (Wildman–Crippen LogP) is 5.20. The average molecular weight is 508 g/mol. The number of rotatable bonds is 9. The van der Waals surface area contributed by atoms with Crippen molar-refractivity contribution < 1.29 is 13.9 Å². The maximum atomic E-state index is 13.7. The van der Waals surface area contributed by atoms with Crippen molar-refractivity contribution in [2.45, 2.75) is 39.7 Å². The molecule has 2 aromatic heterocycles. The van der Waals surface area contributed by atoms with Gasteiger partial charge in [-0.3, -0.25) is 9.48 Å². The molecule has 3 aromatic rings. The molecular formula is C24H28Cl2FN5O2. The Morgan fingerprint density at radius 1 is 1.21 bits per heavy atom. The van der Waals surface area contributed by atoms with E-state index in [-0.39, 0.29) is 23.4 Å². The molecule has 0 saturated carbocycles. The van der Waals surface area contributed by atoms with E-state index >= 15 is 0 Å². The number of aromatic nitrogens is 3. The number of ether oxygens (including phenoxy) is 1. The Bertz CT molecular complexity index is 1180. The van der Waals surface area contributed by atoms with Crippen LogP contribution in [0.3, 0.4) is 0 Å². The number of pyridine rings is 1. The minimum atomic E-state index is -0.853. The number of nitrogen functional groups attached to an aromatic ring is 1. The zero-order valence-corrected chi connectivity index (χ0v) is 21.1. The van der Waals surface area contributed by atoms with E-state index < -0.39 is 11.4 Å². The number of nitrogens with zero attached hydrogens (tertiary/aromatic N) is 4. The number of hydrogen-bond acceptors (Lipinski definition) is 5. The Labute approximate surface area is 208 Å². The second-order valence-corrected chi connectivity index (χ2v) is 9.02. The van der Waals surface area contributed by atoms with Gasteiger partial charge in [-0.25, -0.2) is 9.37 Å². The summed E-state index contributed by atoms with van der Waals surface area (Å²) in [6, 6.07) is 4.42. The molecule has 1 amide bonds. The molecule has 2 heterocycles. The highest BCUT2D eigenvalue weighted by Gasteiger charge is 2.33. The fourth-order valence-corrected chi connectivity index (χ4v) is 4.12. The molecule has 0 unspecified atom stereocenters. The van der Waals surface area contributed by atoms with Crippen LogP contribution >= 0.6 is 23.2 Å². The fourth-order valence-electron chi connectivity index (χ4n) is 3.56. The molecule has 0 spiro atoms. The van der Waals surface area contributed by atoms with Gasteiger partial charge in [-0.2, -0.15) is 5.10 Å². The highest BCUT2D eigenvalue weighted by molar-refractivity contribution is 6.36. The lowest BCUT2D eigenvalue weighted by Crippen LogP contribution is -2.47. The summed E-state index contributed by atoms with van der Waals surface area (Å²) in [5.74, 6) is 0.0296. The Balaban J connectivity index is 1.78. The normalized spacial score (nSPS) is 11.5. The van der Waals surface area contributed by atoms with Crippen LogP contribution in [-0.4, -0.2) is 45.3 Å². The lowest BCUT2D eigenvalue weighted by Gasteiger charge is -2.30. The van der Waals surface area contributed by atoms with Crippen molar-refractivity contribution in [2.24, 2.45) is 0 Å². The molecule has 34 heavy (non-hydrogen) atoms. The van der Waals surface area contributed by atoms with Crippen LogP contribution in [0.4, 0.5) is 10.2 Å². The third-order valence-electron chi connectivity index (χ3n) is 5.69. The Hall–Kier alpha value is -2.84. The summed E-state index contributed by atoms with van der Waals surface area (Å²) in [5.41, 5.74) is 7.09. The van der Waals surface area contributed by atoms with Crippen molar-refractivity contribution in [2.75, 3.05) is 25.4 Å². The first-order chi connectivity index (χ1) is 16.1. The van der Waals surface area contributed by atoms with E-state index in [1.807, 2.05) is 27.7 Å². The zero-order valence-electron chi connectivity index (χ0n) is 19.6. The van der Waals surface area contributed by atoms with Gasteiger partial charge in [0.25, 0.3) is 0 Å². The van der Waals surface area contributed by atoms with Crippen molar-refractivity contribution in [3.8, 4) is 16.9 Å². The number of carbonyl (C=O) groups excluding carboxylic acids is 1. The molecule has 10 heteroatoms. The molecule has 0 radical (unpaired) electrons. The Morgan fingerprint density at radius 2 is 1.91 bits per heavy atom. The van der Waals surface area contributed by atoms with Crippen molar-refractivity contribution >= 4 is 34.9 Å². The first-order valence-corrected chi connectivity index (χ1v) is 11.7. The summed E-state index contributed by atoms with van der Waals surface area (Å²) in [7, 11) is 0. The lowest BCUT2D eigenvalue weighted by atomic mass is 10.0. The lowest BCUT2D eigenvalue weighted by molar-refractivity contribution is -0.139. The van der Waals surface area contributed by atoms with Crippen molar-refractivity contribution in [1.82, 2.24) is 19.7 Å². The summed E-state index contributed by atoms with van der Waals surface area (Å²) in [5, 5.41) is 4.76. The number of likely N-dealkylation sites (N-methyl/N-ethyl adjacent to an activating group) is 1. The summed E-state index contributed by atoms with van der Waals surface area (Å²) >= 11 is 12.2. The SMILES string of the molecule is CCN(CC)C(=O)C(C)(C)n1cc(-c2cnc(N)c(OCCc3c(Cl)ccc(F)c3Cl)c2)cn1. The maximum absolute atomic E-state index is 13.7. The van der Waals surface area contributed by atoms with Gasteiger partial charge in [0.05, 0.1) is 17.8 Å². The van der Waals surface area contributed by atoms with Gasteiger partial charge in [0.1, 0.15) is 11.4 Å². The Kier molecular flexibility index (Phi) is 8.05. The van der Waals surface area contributed by atoms with Crippen LogP contribution in [0.2, 0.25) is 10.0 Å². The molecule has 7 nitrogen and oxygen atoms in total. The first kappa shape index (κ1) is 25.8. The van der Waals surface area contributed by atoms with Crippen LogP contribution < -0.4 is 10.5 Å². The van der Waals surface area contributed by atoms with Crippen molar-refractivity contribution in [3.63, 3.8) is 0 Å². The molecule has 0 atom stereocenters. The van der Waals surface area contributed by atoms with E-state index in [1.54, 1.807) is 34.2 Å². The van der Waals surface area contributed by atoms with Gasteiger partial charge in [-0.05, 0) is 51.5 Å². The van der Waals surface area contributed by atoms with Crippen LogP contribution in [0, 0.1) is 5.82 Å². The van der Waals surface area contributed by atoms with E-state index in [1.165, 1.54) is 12.1 Å². The van der Waals surface area contributed by atoms with E-state index in [2.05, 4.69) is 10.1 Å². The summed E-state index contributed by atoms with van der Waals surface area (Å²) in [6.07, 6.45) is 5.37. The minimum absolute atomic E-state index is 0.0127. The second kappa shape index (κ2) is 10.6. The van der Waals surface area contributed by atoms with Crippen LogP contribution in [-0.2, 0) is 16.8 Å². The highest BCUT2D eigenvalue weighted by Crippen LogP contribution is 2.30. The van der Waals surface area contributed by atoms with E-state index in [9.17, 15) is 9.18 Å². The second-order valence-electron chi connectivity index (χ2n) is 8.24. The fraction of sp³-hybridized carbons (Fsp3) is 0.375. The van der Waals surface area contributed by atoms with Crippen LogP contribution in [0.1, 0.15) is 33.3 Å². The summed E-state index contributed by atoms with van der Waals surface area (Å²) in [4.78, 5) is 18.9. The van der Waals surface area contributed by atoms with Crippen molar-refractivity contribution in [3.05, 3.63) is 58.2 Å². The summed E-state index contributed by atoms with van der Waals surface area (Å²) in [6.45, 7) is 8.99. The van der Waals surface area contributed by atoms with Gasteiger partial charge in [0, 0.05) is 48.1 Å². The van der Waals surface area contributed by atoms with E-state index in [0.29, 0.717) is 35.8 Å². The topological polar surface area (TPSA) is 86.3 Å². The third kappa shape index (κ3) is 5.28. The van der Waals surface area contributed by atoms with Crippen molar-refractivity contribution in [1.29, 1.82) is 0 Å². The van der Waals surface area contributed by atoms with Crippen LogP contribution in [0.15, 0.2) is 36.8 Å². The molecule has 3 rings (SSSR count). The average Bonchev–Trinajstić information content (AvgIpc) is 3.32. The molecule has 1 aromatic carbocycles. The number of halogens is 3. The monoisotopic (exact) mass is 507 g/mol. The van der Waals surface area contributed by atoms with E-state index in [4.69, 9.17) is 33.7 Å². The van der Waals surface area contributed by atoms with Crippen LogP contribution in [0.25, 0.3) is 11.1 Å². The molecule has 0 fully saturated rings. The highest BCUT2D eigenvalue weighted by atomic mass is 35.5. The number of nitrogens with two attached hydrogens (primary N) is 1. The van der Waals surface area contributed by atoms with Gasteiger partial charge in [-0.1, -0.05) is 23.2 Å². The first-order valence-electron chi connectivity index (χ1n) is 11.0. The standard InChI is InChI=1S/C24H28Cl2FN5O2/c1-5-31(6-2)23(33)24(3,4)32-14-16(13-30-32)15-11-20(22(28)29-12-15)34-10-9-17-18(25)7-8-19(27)21(17)26/h7-8,11-14H,5-6,9-10H2,1-4H3,(H2,28,29). The maximum Gasteiger partial charge on any atom is 0.249 e. The summed E-state index contributed by atoms with van der Waals surface area (Å²) < 4.78 is 21.2. The van der Waals surface area contributed by atoms with Gasteiger partial charge in [0.15, 0.2) is 11.6 Å². The smallest absolute Gasteiger partial charge is 0.249 e. The Morgan fingerprint density at radius 3 is 2.59 bits per heavy atom. The third-order valence-corrected chi connectivity index (χ3v) is 6.46. The molecule has 2 N–H and O–H groups in total. The van der Waals surface area contributed by atoms with Gasteiger partial charge < -0.3 is 15.4 Å². The van der Waals surface area contributed by atoms with Crippen LogP contribution in [0.5, 0.6) is 5.75 Å². The van der Waals surface area contributed by atoms with E-state index in [0.717, 1.165) is 11.1 Å². The quantitative estimate of drug-likeness (QED) is 0.402. The molecular weight excluding hydrogens is 480 g/mol. The number of hydrogen-bond donors (Lipinski definition) is 1. The molecule has 0 aliphatic heterocycles. The molecule has 0 saturated heterocycles. The van der Waals surface area contributed by atoms with Gasteiger partial charge in [-0.15, -0.1) is 0 Å². The number of amides is 1. The molecule has 0 aliphatic carbocycles. The molecule has 182 valence electrons. The zero-order chi connectivity index (χ0) is 25.0. The molecule has 0 bridgehead atoms. The predicted molar refractivity (Wildman–Crippen MR) is 133 cm³/mol. The number of carbonyl (C=O) groups is 1. The van der Waals surface area contributed by atoms with Gasteiger partial charge >= 0.3 is 0 Å². The minimum Gasteiger partial charge on any atom is -0.489 e. The van der Waals surface area contributed by atoms with Gasteiger partial charge in [0.2, 0.25) is 5.91 Å².